The fourth-order valence-corrected chi connectivity index (χ4v) is 2.05. The Morgan fingerprint density at radius 3 is 2.33 bits per heavy atom. The summed E-state index contributed by atoms with van der Waals surface area (Å²) in [5, 5.41) is 0. The molecule has 0 bridgehead atoms. The maximum absolute atomic E-state index is 12.0. The standard InChI is InChI=1S/C12H22N2O4/c1-9-5-14(6-10(2)18-9)11(15)7-13(3)8-12(16)17-4/h9-10H,5-8H2,1-4H3. The SMILES string of the molecule is COC(=O)CN(C)CC(=O)N1CC(C)OC(C)C1. The van der Waals surface area contributed by atoms with Crippen molar-refractivity contribution >= 4 is 11.9 Å². The summed E-state index contributed by atoms with van der Waals surface area (Å²) in [7, 11) is 3.06. The van der Waals surface area contributed by atoms with E-state index in [-0.39, 0.29) is 37.2 Å². The first-order valence-corrected chi connectivity index (χ1v) is 6.11. The molecule has 0 N–H and O–H groups in total. The summed E-state index contributed by atoms with van der Waals surface area (Å²) >= 11 is 0. The molecule has 1 heterocycles. The minimum atomic E-state index is -0.339. The molecule has 1 fully saturated rings. The minimum absolute atomic E-state index is 0.0170. The quantitative estimate of drug-likeness (QED) is 0.650. The number of likely N-dealkylation sites (N-methyl/N-ethyl adjacent to an activating group) is 1. The number of ether oxygens (including phenoxy) is 2. The van der Waals surface area contributed by atoms with E-state index in [4.69, 9.17) is 4.74 Å². The smallest absolute Gasteiger partial charge is 0.319 e. The molecule has 1 rings (SSSR count). The molecule has 0 saturated carbocycles. The molecule has 1 amide bonds. The van der Waals surface area contributed by atoms with E-state index in [1.807, 2.05) is 13.8 Å². The maximum atomic E-state index is 12.0. The minimum Gasteiger partial charge on any atom is -0.468 e. The van der Waals surface area contributed by atoms with Crippen LogP contribution in [0.25, 0.3) is 0 Å². The molecular weight excluding hydrogens is 236 g/mol. The normalized spacial score (nSPS) is 24.2. The lowest BCUT2D eigenvalue weighted by molar-refractivity contribution is -0.146. The van der Waals surface area contributed by atoms with Gasteiger partial charge in [0.15, 0.2) is 0 Å². The number of morpholine rings is 1. The molecule has 0 radical (unpaired) electrons. The van der Waals surface area contributed by atoms with Gasteiger partial charge in [-0.3, -0.25) is 14.5 Å². The molecule has 0 aromatic carbocycles. The number of hydrogen-bond donors (Lipinski definition) is 0. The van der Waals surface area contributed by atoms with Gasteiger partial charge in [-0.05, 0) is 20.9 Å². The van der Waals surface area contributed by atoms with E-state index in [9.17, 15) is 9.59 Å². The van der Waals surface area contributed by atoms with Gasteiger partial charge in [0.25, 0.3) is 0 Å². The highest BCUT2D eigenvalue weighted by atomic mass is 16.5. The van der Waals surface area contributed by atoms with Gasteiger partial charge in [0, 0.05) is 13.1 Å². The lowest BCUT2D eigenvalue weighted by Crippen LogP contribution is -2.51. The summed E-state index contributed by atoms with van der Waals surface area (Å²) in [4.78, 5) is 26.6. The third kappa shape index (κ3) is 4.62. The lowest BCUT2D eigenvalue weighted by Gasteiger charge is -2.36. The Kier molecular flexibility index (Phi) is 5.55. The number of nitrogens with zero attached hydrogens (tertiary/aromatic N) is 2. The van der Waals surface area contributed by atoms with Crippen LogP contribution in [0, 0.1) is 0 Å². The highest BCUT2D eigenvalue weighted by Gasteiger charge is 2.26. The first kappa shape index (κ1) is 14.9. The molecule has 0 spiro atoms. The fraction of sp³-hybridized carbons (Fsp3) is 0.833. The number of carbonyl (C=O) groups is 2. The molecule has 2 unspecified atom stereocenters. The van der Waals surface area contributed by atoms with E-state index in [1.54, 1.807) is 16.8 Å². The topological polar surface area (TPSA) is 59.1 Å². The Morgan fingerprint density at radius 1 is 1.28 bits per heavy atom. The average molecular weight is 258 g/mol. The van der Waals surface area contributed by atoms with Gasteiger partial charge in [-0.15, -0.1) is 0 Å². The average Bonchev–Trinajstić information content (AvgIpc) is 2.27. The summed E-state index contributed by atoms with van der Waals surface area (Å²) in [5.41, 5.74) is 0. The van der Waals surface area contributed by atoms with Crippen molar-refractivity contribution in [3.05, 3.63) is 0 Å². The zero-order valence-corrected chi connectivity index (χ0v) is 11.5. The third-order valence-electron chi connectivity index (χ3n) is 2.80. The van der Waals surface area contributed by atoms with Crippen molar-refractivity contribution in [2.75, 3.05) is 40.3 Å². The van der Waals surface area contributed by atoms with Crippen molar-refractivity contribution in [1.82, 2.24) is 9.80 Å². The Bertz CT molecular complexity index is 298. The Labute approximate surface area is 108 Å². The number of hydrogen-bond acceptors (Lipinski definition) is 5. The van der Waals surface area contributed by atoms with Gasteiger partial charge < -0.3 is 14.4 Å². The first-order chi connectivity index (χ1) is 8.42. The van der Waals surface area contributed by atoms with Crippen LogP contribution in [-0.4, -0.2) is 74.2 Å². The van der Waals surface area contributed by atoms with E-state index >= 15 is 0 Å². The number of esters is 1. The molecule has 6 heteroatoms. The van der Waals surface area contributed by atoms with E-state index in [1.165, 1.54) is 7.11 Å². The Hall–Kier alpha value is -1.14. The molecule has 0 aromatic rings. The highest BCUT2D eigenvalue weighted by Crippen LogP contribution is 2.10. The van der Waals surface area contributed by atoms with E-state index in [0.717, 1.165) is 0 Å². The van der Waals surface area contributed by atoms with Crippen LogP contribution in [0.1, 0.15) is 13.8 Å². The lowest BCUT2D eigenvalue weighted by atomic mass is 10.2. The second-order valence-electron chi connectivity index (χ2n) is 4.80. The van der Waals surface area contributed by atoms with Crippen molar-refractivity contribution in [2.45, 2.75) is 26.1 Å². The second kappa shape index (κ2) is 6.70. The number of carbonyl (C=O) groups excluding carboxylic acids is 2. The number of rotatable bonds is 4. The van der Waals surface area contributed by atoms with E-state index in [2.05, 4.69) is 4.74 Å². The number of amides is 1. The van der Waals surface area contributed by atoms with Crippen LogP contribution in [-0.2, 0) is 19.1 Å². The molecule has 1 aliphatic heterocycles. The van der Waals surface area contributed by atoms with Crippen molar-refractivity contribution in [3.8, 4) is 0 Å². The van der Waals surface area contributed by atoms with Crippen molar-refractivity contribution < 1.29 is 19.1 Å². The molecule has 1 aliphatic rings. The monoisotopic (exact) mass is 258 g/mol. The molecular formula is C12H22N2O4. The molecule has 6 nitrogen and oxygen atoms in total. The van der Waals surface area contributed by atoms with Crippen LogP contribution in [0.3, 0.4) is 0 Å². The summed E-state index contributed by atoms with van der Waals surface area (Å²) in [5.74, 6) is -0.322. The molecule has 18 heavy (non-hydrogen) atoms. The van der Waals surface area contributed by atoms with Crippen LogP contribution in [0.4, 0.5) is 0 Å². The van der Waals surface area contributed by atoms with Crippen molar-refractivity contribution in [1.29, 1.82) is 0 Å². The summed E-state index contributed by atoms with van der Waals surface area (Å²) in [6, 6.07) is 0. The van der Waals surface area contributed by atoms with Crippen molar-refractivity contribution in [3.63, 3.8) is 0 Å². The fourth-order valence-electron chi connectivity index (χ4n) is 2.05. The Morgan fingerprint density at radius 2 is 1.83 bits per heavy atom. The summed E-state index contributed by atoms with van der Waals surface area (Å²) in [6.07, 6.45) is 0.118. The molecule has 104 valence electrons. The van der Waals surface area contributed by atoms with Crippen LogP contribution in [0.5, 0.6) is 0 Å². The predicted molar refractivity (Wildman–Crippen MR) is 66.1 cm³/mol. The molecule has 1 saturated heterocycles. The molecule has 0 aromatic heterocycles. The van der Waals surface area contributed by atoms with Gasteiger partial charge in [0.1, 0.15) is 0 Å². The van der Waals surface area contributed by atoms with E-state index in [0.29, 0.717) is 13.1 Å². The first-order valence-electron chi connectivity index (χ1n) is 6.11. The van der Waals surface area contributed by atoms with E-state index < -0.39 is 0 Å². The third-order valence-corrected chi connectivity index (χ3v) is 2.80. The maximum Gasteiger partial charge on any atom is 0.319 e. The number of methoxy groups -OCH3 is 1. The predicted octanol–water partition coefficient (Wildman–Crippen LogP) is -0.273. The summed E-state index contributed by atoms with van der Waals surface area (Å²) < 4.78 is 10.1. The highest BCUT2D eigenvalue weighted by molar-refractivity contribution is 5.79. The second-order valence-corrected chi connectivity index (χ2v) is 4.80. The summed E-state index contributed by atoms with van der Waals surface area (Å²) in [6.45, 7) is 5.46. The van der Waals surface area contributed by atoms with Gasteiger partial charge in [-0.25, -0.2) is 0 Å². The van der Waals surface area contributed by atoms with Crippen LogP contribution in [0.15, 0.2) is 0 Å². The molecule has 2 atom stereocenters. The van der Waals surface area contributed by atoms with Gasteiger partial charge in [-0.2, -0.15) is 0 Å². The van der Waals surface area contributed by atoms with Crippen LogP contribution >= 0.6 is 0 Å². The van der Waals surface area contributed by atoms with Gasteiger partial charge in [-0.1, -0.05) is 0 Å². The van der Waals surface area contributed by atoms with Crippen molar-refractivity contribution in [2.24, 2.45) is 0 Å². The van der Waals surface area contributed by atoms with Gasteiger partial charge >= 0.3 is 5.97 Å². The largest absolute Gasteiger partial charge is 0.468 e. The van der Waals surface area contributed by atoms with Crippen LogP contribution < -0.4 is 0 Å². The zero-order chi connectivity index (χ0) is 13.7. The Balaban J connectivity index is 2.42. The zero-order valence-electron chi connectivity index (χ0n) is 11.5. The van der Waals surface area contributed by atoms with Gasteiger partial charge in [0.2, 0.25) is 5.91 Å². The van der Waals surface area contributed by atoms with Gasteiger partial charge in [0.05, 0.1) is 32.4 Å². The molecule has 0 aliphatic carbocycles. The van der Waals surface area contributed by atoms with Crippen LogP contribution in [0.2, 0.25) is 0 Å².